The fraction of sp³-hybridized carbons (Fsp3) is 1.00. The summed E-state index contributed by atoms with van der Waals surface area (Å²) in [6.07, 6.45) is 2.75. The highest BCUT2D eigenvalue weighted by Gasteiger charge is 2.31. The molecule has 1 heteroatoms. The monoisotopic (exact) mass is 155 g/mol. The van der Waals surface area contributed by atoms with Crippen LogP contribution in [0.25, 0.3) is 0 Å². The van der Waals surface area contributed by atoms with Crippen LogP contribution in [0.2, 0.25) is 0 Å². The lowest BCUT2D eigenvalue weighted by molar-refractivity contribution is 0.486. The SMILES string of the molecule is CCC(C)CNCC1CC1C. The van der Waals surface area contributed by atoms with Crippen molar-refractivity contribution < 1.29 is 0 Å². The van der Waals surface area contributed by atoms with E-state index in [9.17, 15) is 0 Å². The lowest BCUT2D eigenvalue weighted by atomic mass is 10.1. The molecule has 0 heterocycles. The Bertz CT molecular complexity index is 107. The van der Waals surface area contributed by atoms with E-state index in [2.05, 4.69) is 26.1 Å². The molecule has 3 atom stereocenters. The summed E-state index contributed by atoms with van der Waals surface area (Å²) >= 11 is 0. The highest BCUT2D eigenvalue weighted by molar-refractivity contribution is 4.83. The molecule has 0 aromatic rings. The molecule has 0 amide bonds. The van der Waals surface area contributed by atoms with Crippen molar-refractivity contribution in [3.8, 4) is 0 Å². The van der Waals surface area contributed by atoms with Crippen molar-refractivity contribution in [2.45, 2.75) is 33.6 Å². The summed E-state index contributed by atoms with van der Waals surface area (Å²) in [5, 5.41) is 3.53. The van der Waals surface area contributed by atoms with E-state index in [-0.39, 0.29) is 0 Å². The van der Waals surface area contributed by atoms with E-state index in [0.29, 0.717) is 0 Å². The van der Waals surface area contributed by atoms with Crippen molar-refractivity contribution in [2.24, 2.45) is 17.8 Å². The van der Waals surface area contributed by atoms with Gasteiger partial charge in [-0.15, -0.1) is 0 Å². The summed E-state index contributed by atoms with van der Waals surface area (Å²) < 4.78 is 0. The summed E-state index contributed by atoms with van der Waals surface area (Å²) in [6.45, 7) is 9.37. The second-order valence-corrected chi connectivity index (χ2v) is 4.14. The van der Waals surface area contributed by atoms with Gasteiger partial charge in [0.05, 0.1) is 0 Å². The lowest BCUT2D eigenvalue weighted by Crippen LogP contribution is -2.23. The third kappa shape index (κ3) is 3.24. The molecule has 0 spiro atoms. The van der Waals surface area contributed by atoms with Gasteiger partial charge in [-0.2, -0.15) is 0 Å². The van der Waals surface area contributed by atoms with Crippen LogP contribution < -0.4 is 5.32 Å². The van der Waals surface area contributed by atoms with Gasteiger partial charge in [0.15, 0.2) is 0 Å². The number of nitrogens with one attached hydrogen (secondary N) is 1. The van der Waals surface area contributed by atoms with Crippen molar-refractivity contribution in [3.05, 3.63) is 0 Å². The standard InChI is InChI=1S/C10H21N/c1-4-8(2)6-11-7-10-5-9(10)3/h8-11H,4-7H2,1-3H3. The van der Waals surface area contributed by atoms with Gasteiger partial charge in [-0.3, -0.25) is 0 Å². The van der Waals surface area contributed by atoms with Crippen LogP contribution in [0.4, 0.5) is 0 Å². The second kappa shape index (κ2) is 4.10. The highest BCUT2D eigenvalue weighted by atomic mass is 14.9. The van der Waals surface area contributed by atoms with Crippen molar-refractivity contribution in [1.82, 2.24) is 5.32 Å². The Labute approximate surface area is 70.6 Å². The van der Waals surface area contributed by atoms with Gasteiger partial charge in [0.2, 0.25) is 0 Å². The van der Waals surface area contributed by atoms with Gasteiger partial charge in [0.1, 0.15) is 0 Å². The molecular formula is C10H21N. The molecule has 1 fully saturated rings. The van der Waals surface area contributed by atoms with E-state index in [1.807, 2.05) is 0 Å². The van der Waals surface area contributed by atoms with Crippen LogP contribution in [0.5, 0.6) is 0 Å². The van der Waals surface area contributed by atoms with Gasteiger partial charge >= 0.3 is 0 Å². The molecule has 1 saturated carbocycles. The van der Waals surface area contributed by atoms with E-state index < -0.39 is 0 Å². The smallest absolute Gasteiger partial charge is 0.00178 e. The van der Waals surface area contributed by atoms with Crippen molar-refractivity contribution in [3.63, 3.8) is 0 Å². The van der Waals surface area contributed by atoms with Crippen LogP contribution in [0, 0.1) is 17.8 Å². The van der Waals surface area contributed by atoms with E-state index in [4.69, 9.17) is 0 Å². The molecule has 1 aliphatic rings. The first-order valence-electron chi connectivity index (χ1n) is 4.94. The van der Waals surface area contributed by atoms with E-state index in [0.717, 1.165) is 17.8 Å². The Hall–Kier alpha value is -0.0400. The Kier molecular flexibility index (Phi) is 3.38. The Morgan fingerprint density at radius 1 is 1.55 bits per heavy atom. The van der Waals surface area contributed by atoms with Gasteiger partial charge in [0.25, 0.3) is 0 Å². The average molecular weight is 155 g/mol. The molecule has 11 heavy (non-hydrogen) atoms. The number of rotatable bonds is 5. The van der Waals surface area contributed by atoms with E-state index in [1.54, 1.807) is 0 Å². The van der Waals surface area contributed by atoms with Gasteiger partial charge < -0.3 is 5.32 Å². The zero-order chi connectivity index (χ0) is 8.27. The fourth-order valence-corrected chi connectivity index (χ4v) is 1.34. The molecule has 1 aliphatic carbocycles. The Balaban J connectivity index is 1.88. The number of hydrogen-bond acceptors (Lipinski definition) is 1. The minimum absolute atomic E-state index is 0.851. The molecule has 0 radical (unpaired) electrons. The second-order valence-electron chi connectivity index (χ2n) is 4.14. The third-order valence-corrected chi connectivity index (χ3v) is 2.87. The first kappa shape index (κ1) is 9.05. The van der Waals surface area contributed by atoms with Crippen LogP contribution in [-0.2, 0) is 0 Å². The maximum Gasteiger partial charge on any atom is -0.00178 e. The molecule has 1 N–H and O–H groups in total. The first-order chi connectivity index (χ1) is 5.24. The summed E-state index contributed by atoms with van der Waals surface area (Å²) in [6, 6.07) is 0. The van der Waals surface area contributed by atoms with Crippen molar-refractivity contribution in [1.29, 1.82) is 0 Å². The molecule has 0 aliphatic heterocycles. The summed E-state index contributed by atoms with van der Waals surface area (Å²) in [5.74, 6) is 2.85. The molecule has 0 saturated heterocycles. The lowest BCUT2D eigenvalue weighted by Gasteiger charge is -2.08. The maximum atomic E-state index is 3.53. The third-order valence-electron chi connectivity index (χ3n) is 2.87. The first-order valence-corrected chi connectivity index (χ1v) is 4.94. The summed E-state index contributed by atoms with van der Waals surface area (Å²) in [7, 11) is 0. The predicted molar refractivity (Wildman–Crippen MR) is 49.6 cm³/mol. The molecule has 3 unspecified atom stereocenters. The van der Waals surface area contributed by atoms with E-state index >= 15 is 0 Å². The minimum Gasteiger partial charge on any atom is -0.316 e. The molecule has 1 nitrogen and oxygen atoms in total. The quantitative estimate of drug-likeness (QED) is 0.642. The Morgan fingerprint density at radius 3 is 2.64 bits per heavy atom. The molecule has 1 rings (SSSR count). The highest BCUT2D eigenvalue weighted by Crippen LogP contribution is 2.36. The van der Waals surface area contributed by atoms with Crippen LogP contribution in [0.15, 0.2) is 0 Å². The summed E-state index contributed by atoms with van der Waals surface area (Å²) in [4.78, 5) is 0. The van der Waals surface area contributed by atoms with Crippen LogP contribution in [0.3, 0.4) is 0 Å². The molecule has 0 aromatic carbocycles. The minimum atomic E-state index is 0.851. The zero-order valence-corrected chi connectivity index (χ0v) is 8.06. The molecule has 66 valence electrons. The topological polar surface area (TPSA) is 12.0 Å². The zero-order valence-electron chi connectivity index (χ0n) is 8.06. The van der Waals surface area contributed by atoms with Crippen molar-refractivity contribution in [2.75, 3.05) is 13.1 Å². The summed E-state index contributed by atoms with van der Waals surface area (Å²) in [5.41, 5.74) is 0. The van der Waals surface area contributed by atoms with Gasteiger partial charge in [0, 0.05) is 0 Å². The van der Waals surface area contributed by atoms with Gasteiger partial charge in [-0.1, -0.05) is 27.2 Å². The van der Waals surface area contributed by atoms with Crippen LogP contribution >= 0.6 is 0 Å². The largest absolute Gasteiger partial charge is 0.316 e. The average Bonchev–Trinajstić information content (AvgIpc) is 2.66. The maximum absolute atomic E-state index is 3.53. The van der Waals surface area contributed by atoms with Crippen LogP contribution in [0.1, 0.15) is 33.6 Å². The van der Waals surface area contributed by atoms with Crippen LogP contribution in [-0.4, -0.2) is 13.1 Å². The van der Waals surface area contributed by atoms with Gasteiger partial charge in [-0.25, -0.2) is 0 Å². The molecule has 0 aromatic heterocycles. The number of hydrogen-bond donors (Lipinski definition) is 1. The normalized spacial score (nSPS) is 31.9. The van der Waals surface area contributed by atoms with E-state index in [1.165, 1.54) is 25.9 Å². The van der Waals surface area contributed by atoms with Crippen molar-refractivity contribution >= 4 is 0 Å². The molecular weight excluding hydrogens is 134 g/mol. The molecule has 0 bridgehead atoms. The van der Waals surface area contributed by atoms with Gasteiger partial charge in [-0.05, 0) is 37.3 Å². The predicted octanol–water partition coefficient (Wildman–Crippen LogP) is 2.28. The Morgan fingerprint density at radius 2 is 2.18 bits per heavy atom. The fourth-order valence-electron chi connectivity index (χ4n) is 1.34.